The van der Waals surface area contributed by atoms with E-state index in [1.54, 1.807) is 38.2 Å². The van der Waals surface area contributed by atoms with Gasteiger partial charge in [-0.2, -0.15) is 0 Å². The summed E-state index contributed by atoms with van der Waals surface area (Å²) in [7, 11) is 2.51. The highest BCUT2D eigenvalue weighted by atomic mass is 16.5. The number of nitrogens with zero attached hydrogens (tertiary/aromatic N) is 3. The van der Waals surface area contributed by atoms with E-state index in [0.717, 1.165) is 17.2 Å². The first-order chi connectivity index (χ1) is 22.4. The zero-order chi connectivity index (χ0) is 33.9. The van der Waals surface area contributed by atoms with Crippen LogP contribution in [0.25, 0.3) is 18.2 Å². The highest BCUT2D eigenvalue weighted by Gasteiger charge is 2.47. The molecule has 8 bridgehead atoms. The fraction of sp³-hybridized carbons (Fsp3) is 0.167. The Balaban J connectivity index is 1.80. The maximum Gasteiger partial charge on any atom is 0.340 e. The number of ether oxygens (including phenoxy) is 2. The number of carbonyl (C=O) groups excluding carboxylic acids is 2. The zero-order valence-corrected chi connectivity index (χ0v) is 26.3. The SMILES string of the molecule is C=CC1=C(C)C2=CC3=NC(=C4C5=NC(=C(C)C5=C(O)C4C(=O)OC)C=c4[nH]c(c(C(=O)OC)c4C=C)=CC1=N2)C(/C=C/C(=O)O)=C3C. The number of aliphatic hydroxyl groups excluding tert-OH is 1. The number of aliphatic imine (C=N–C) groups is 3. The van der Waals surface area contributed by atoms with Crippen LogP contribution in [-0.2, 0) is 19.1 Å². The van der Waals surface area contributed by atoms with Gasteiger partial charge in [-0.05, 0) is 61.8 Å². The largest absolute Gasteiger partial charge is 0.510 e. The third-order valence-electron chi connectivity index (χ3n) is 8.70. The molecule has 1 aliphatic carbocycles. The molecule has 1 aromatic heterocycles. The summed E-state index contributed by atoms with van der Waals surface area (Å²) in [5.41, 5.74) is 7.01. The molecule has 1 atom stereocenters. The Hall–Kier alpha value is -6.10. The number of esters is 2. The van der Waals surface area contributed by atoms with Gasteiger partial charge in [0.25, 0.3) is 0 Å². The Labute approximate surface area is 269 Å². The molecule has 11 heteroatoms. The summed E-state index contributed by atoms with van der Waals surface area (Å²) in [6.45, 7) is 13.3. The molecule has 1 aromatic rings. The number of nitrogens with one attached hydrogen (secondary N) is 1. The average molecular weight is 631 g/mol. The van der Waals surface area contributed by atoms with E-state index in [4.69, 9.17) is 24.5 Å². The van der Waals surface area contributed by atoms with Crippen LogP contribution in [-0.4, -0.2) is 64.5 Å². The fourth-order valence-electron chi connectivity index (χ4n) is 6.34. The smallest absolute Gasteiger partial charge is 0.340 e. The Morgan fingerprint density at radius 3 is 2.28 bits per heavy atom. The minimum absolute atomic E-state index is 0.246. The highest BCUT2D eigenvalue weighted by molar-refractivity contribution is 6.27. The van der Waals surface area contributed by atoms with Crippen LogP contribution in [0.1, 0.15) is 36.7 Å². The van der Waals surface area contributed by atoms with Crippen molar-refractivity contribution in [2.75, 3.05) is 14.2 Å². The number of aromatic amines is 1. The first-order valence-electron chi connectivity index (χ1n) is 14.5. The van der Waals surface area contributed by atoms with Crippen LogP contribution in [0, 0.1) is 5.92 Å². The molecular weight excluding hydrogens is 600 g/mol. The molecule has 236 valence electrons. The summed E-state index contributed by atoms with van der Waals surface area (Å²) in [6.07, 6.45) is 10.8. The predicted molar refractivity (Wildman–Crippen MR) is 178 cm³/mol. The van der Waals surface area contributed by atoms with Crippen molar-refractivity contribution in [3.8, 4) is 0 Å². The molecule has 0 radical (unpaired) electrons. The number of aliphatic hydroxyl groups is 1. The molecule has 0 saturated heterocycles. The van der Waals surface area contributed by atoms with Crippen molar-refractivity contribution in [1.82, 2.24) is 4.98 Å². The number of aromatic nitrogens is 1. The summed E-state index contributed by atoms with van der Waals surface area (Å²) in [6, 6.07) is 0. The lowest BCUT2D eigenvalue weighted by Gasteiger charge is -2.14. The van der Waals surface area contributed by atoms with Gasteiger partial charge in [0.05, 0.1) is 59.4 Å². The Bertz CT molecular complexity index is 2240. The predicted octanol–water partition coefficient (Wildman–Crippen LogP) is 3.87. The standard InChI is InChI=1S/C36H30N4O7/c1-8-18-15(3)21-12-22-16(4)20(10-11-27(41)42)32(39-22)30-31(36(45)47-7)34(43)28-17(5)23(40-33(28)30)13-25-19(9-2)29(35(44)46-6)26(38-25)14-24(18)37-21/h8-14,31,38,43H,1-2H2,3-7H3,(H,41,42)/b11-10+,21-12?,25-13?,26-14?,32-30?. The maximum atomic E-state index is 13.2. The Kier molecular flexibility index (Phi) is 7.47. The lowest BCUT2D eigenvalue weighted by atomic mass is 9.93. The van der Waals surface area contributed by atoms with Crippen molar-refractivity contribution in [3.63, 3.8) is 0 Å². The van der Waals surface area contributed by atoms with Gasteiger partial charge in [0.1, 0.15) is 11.7 Å². The molecule has 0 spiro atoms. The second kappa shape index (κ2) is 11.4. The van der Waals surface area contributed by atoms with Crippen LogP contribution < -0.4 is 10.7 Å². The second-order valence-corrected chi connectivity index (χ2v) is 11.2. The molecular formula is C36H30N4O7. The lowest BCUT2D eigenvalue weighted by molar-refractivity contribution is -0.143. The molecule has 0 saturated carbocycles. The monoisotopic (exact) mass is 630 g/mol. The van der Waals surface area contributed by atoms with E-state index in [1.165, 1.54) is 26.4 Å². The topological polar surface area (TPSA) is 163 Å². The summed E-state index contributed by atoms with van der Waals surface area (Å²) in [4.78, 5) is 55.9. The molecule has 0 aromatic carbocycles. The normalized spacial score (nSPS) is 19.9. The van der Waals surface area contributed by atoms with E-state index in [1.807, 2.05) is 6.92 Å². The number of allylic oxidation sites excluding steroid dienone is 9. The van der Waals surface area contributed by atoms with E-state index in [2.05, 4.69) is 18.1 Å². The van der Waals surface area contributed by atoms with Crippen LogP contribution in [0.5, 0.6) is 0 Å². The van der Waals surface area contributed by atoms with Crippen LogP contribution in [0.4, 0.5) is 0 Å². The minimum atomic E-state index is -1.26. The van der Waals surface area contributed by atoms with Crippen molar-refractivity contribution in [3.05, 3.63) is 121 Å². The zero-order valence-electron chi connectivity index (χ0n) is 26.3. The van der Waals surface area contributed by atoms with E-state index < -0.39 is 23.8 Å². The summed E-state index contributed by atoms with van der Waals surface area (Å²) >= 11 is 0. The van der Waals surface area contributed by atoms with Crippen molar-refractivity contribution in [1.29, 1.82) is 0 Å². The quantitative estimate of drug-likeness (QED) is 0.317. The number of H-pyrrole nitrogens is 1. The first-order valence-corrected chi connectivity index (χ1v) is 14.5. The third kappa shape index (κ3) is 4.66. The number of carbonyl (C=O) groups is 3. The van der Waals surface area contributed by atoms with Gasteiger partial charge < -0.3 is 24.7 Å². The molecule has 0 fully saturated rings. The number of aliphatic carboxylic acids is 1. The van der Waals surface area contributed by atoms with Gasteiger partial charge in [-0.25, -0.2) is 24.6 Å². The molecule has 1 unspecified atom stereocenters. The highest BCUT2D eigenvalue weighted by Crippen LogP contribution is 2.47. The Morgan fingerprint density at radius 2 is 1.64 bits per heavy atom. The van der Waals surface area contributed by atoms with Gasteiger partial charge in [0, 0.05) is 39.3 Å². The lowest BCUT2D eigenvalue weighted by Crippen LogP contribution is -2.20. The van der Waals surface area contributed by atoms with Crippen LogP contribution in [0.2, 0.25) is 0 Å². The number of fused-ring (bicyclic) bond motifs is 5. The van der Waals surface area contributed by atoms with Crippen molar-refractivity contribution in [2.24, 2.45) is 20.9 Å². The number of methoxy groups -OCH3 is 2. The van der Waals surface area contributed by atoms with E-state index >= 15 is 0 Å². The minimum Gasteiger partial charge on any atom is -0.510 e. The van der Waals surface area contributed by atoms with Gasteiger partial charge in [-0.1, -0.05) is 25.3 Å². The molecule has 4 aliphatic heterocycles. The average Bonchev–Trinajstić information content (AvgIpc) is 3.79. The van der Waals surface area contributed by atoms with Gasteiger partial charge in [-0.3, -0.25) is 4.79 Å². The number of hydrogen-bond donors (Lipinski definition) is 3. The van der Waals surface area contributed by atoms with Gasteiger partial charge in [-0.15, -0.1) is 0 Å². The van der Waals surface area contributed by atoms with Crippen molar-refractivity contribution >= 4 is 53.3 Å². The van der Waals surface area contributed by atoms with E-state index in [0.29, 0.717) is 67.1 Å². The number of rotatable bonds is 6. The van der Waals surface area contributed by atoms with Crippen LogP contribution >= 0.6 is 0 Å². The molecule has 6 rings (SSSR count). The van der Waals surface area contributed by atoms with E-state index in [9.17, 15) is 24.6 Å². The summed E-state index contributed by atoms with van der Waals surface area (Å²) in [5.74, 6) is -4.01. The molecule has 3 N–H and O–H groups in total. The third-order valence-corrected chi connectivity index (χ3v) is 8.70. The summed E-state index contributed by atoms with van der Waals surface area (Å²) < 4.78 is 10.2. The molecule has 47 heavy (non-hydrogen) atoms. The first kappa shape index (κ1) is 30.9. The molecule has 0 amide bonds. The second-order valence-electron chi connectivity index (χ2n) is 11.2. The number of carboxylic acids is 1. The number of hydrogen-bond acceptors (Lipinski definition) is 9. The van der Waals surface area contributed by atoms with Gasteiger partial charge >= 0.3 is 17.9 Å². The van der Waals surface area contributed by atoms with Gasteiger partial charge in [0.2, 0.25) is 0 Å². The van der Waals surface area contributed by atoms with Crippen LogP contribution in [0.15, 0.2) is 114 Å². The summed E-state index contributed by atoms with van der Waals surface area (Å²) in [5, 5.41) is 22.0. The van der Waals surface area contributed by atoms with Crippen molar-refractivity contribution in [2.45, 2.75) is 20.8 Å². The number of carboxylic acid groups (broad SMARTS) is 1. The fourth-order valence-corrected chi connectivity index (χ4v) is 6.34. The Morgan fingerprint density at radius 1 is 0.894 bits per heavy atom. The maximum absolute atomic E-state index is 13.2. The van der Waals surface area contributed by atoms with Gasteiger partial charge in [0.15, 0.2) is 0 Å². The molecule has 5 heterocycles. The van der Waals surface area contributed by atoms with Crippen LogP contribution in [0.3, 0.4) is 0 Å². The van der Waals surface area contributed by atoms with E-state index in [-0.39, 0.29) is 22.6 Å². The molecule has 5 aliphatic rings. The molecule has 11 nitrogen and oxygen atoms in total. The van der Waals surface area contributed by atoms with Crippen molar-refractivity contribution < 1.29 is 34.1 Å².